The summed E-state index contributed by atoms with van der Waals surface area (Å²) in [5.74, 6) is -0.312. The Morgan fingerprint density at radius 3 is 2.50 bits per heavy atom. The third kappa shape index (κ3) is 4.73. The van der Waals surface area contributed by atoms with Crippen LogP contribution < -0.4 is 5.32 Å². The molecule has 1 N–H and O–H groups in total. The molecular formula is C26H20F3N3OS. The van der Waals surface area contributed by atoms with Gasteiger partial charge in [-0.05, 0) is 52.6 Å². The number of hydrogen-bond donors (Lipinski definition) is 1. The maximum Gasteiger partial charge on any atom is 0.416 e. The van der Waals surface area contributed by atoms with E-state index in [0.717, 1.165) is 42.3 Å². The number of nitrogens with zero attached hydrogens (tertiary/aromatic N) is 2. The van der Waals surface area contributed by atoms with E-state index in [1.807, 2.05) is 23.6 Å². The number of anilines is 1. The number of thiazole rings is 1. The Kier molecular flexibility index (Phi) is 5.93. The molecule has 0 fully saturated rings. The highest BCUT2D eigenvalue weighted by molar-refractivity contribution is 7.09. The van der Waals surface area contributed by atoms with Crippen LogP contribution in [0.25, 0.3) is 11.1 Å². The summed E-state index contributed by atoms with van der Waals surface area (Å²) in [7, 11) is 0. The summed E-state index contributed by atoms with van der Waals surface area (Å²) in [5, 5.41) is 5.98. The molecule has 0 spiro atoms. The van der Waals surface area contributed by atoms with Gasteiger partial charge in [0.1, 0.15) is 5.01 Å². The first-order valence-electron chi connectivity index (χ1n) is 10.7. The minimum absolute atomic E-state index is 0.312. The zero-order chi connectivity index (χ0) is 23.7. The Morgan fingerprint density at radius 2 is 1.76 bits per heavy atom. The van der Waals surface area contributed by atoms with Crippen LogP contribution in [0.3, 0.4) is 0 Å². The molecule has 3 aromatic carbocycles. The maximum atomic E-state index is 13.1. The van der Waals surface area contributed by atoms with Gasteiger partial charge in [0.15, 0.2) is 0 Å². The van der Waals surface area contributed by atoms with Crippen LogP contribution in [0.15, 0.2) is 78.3 Å². The minimum Gasteiger partial charge on any atom is -0.322 e. The van der Waals surface area contributed by atoms with Crippen molar-refractivity contribution in [2.45, 2.75) is 25.8 Å². The summed E-state index contributed by atoms with van der Waals surface area (Å²) in [6.45, 7) is 2.40. The van der Waals surface area contributed by atoms with Gasteiger partial charge in [-0.25, -0.2) is 4.98 Å². The topological polar surface area (TPSA) is 45.2 Å². The van der Waals surface area contributed by atoms with Crippen molar-refractivity contribution in [2.75, 3.05) is 5.32 Å². The molecule has 0 aliphatic carbocycles. The Balaban J connectivity index is 1.32. The molecule has 0 atom stereocenters. The van der Waals surface area contributed by atoms with E-state index in [-0.39, 0.29) is 5.91 Å². The second kappa shape index (κ2) is 9.04. The number of carbonyl (C=O) groups is 1. The highest BCUT2D eigenvalue weighted by atomic mass is 32.1. The first kappa shape index (κ1) is 22.3. The van der Waals surface area contributed by atoms with Crippen molar-refractivity contribution in [3.05, 3.63) is 106 Å². The van der Waals surface area contributed by atoms with Gasteiger partial charge in [0.2, 0.25) is 0 Å². The predicted octanol–water partition coefficient (Wildman–Crippen LogP) is 6.60. The van der Waals surface area contributed by atoms with Crippen molar-refractivity contribution < 1.29 is 18.0 Å². The van der Waals surface area contributed by atoms with E-state index >= 15 is 0 Å². The van der Waals surface area contributed by atoms with Crippen molar-refractivity contribution in [1.82, 2.24) is 9.88 Å². The summed E-state index contributed by atoms with van der Waals surface area (Å²) in [4.78, 5) is 19.7. The number of halogens is 3. The van der Waals surface area contributed by atoms with E-state index in [1.54, 1.807) is 41.8 Å². The first-order valence-corrected chi connectivity index (χ1v) is 11.6. The highest BCUT2D eigenvalue weighted by Gasteiger charge is 2.30. The Bertz CT molecular complexity index is 1320. The molecule has 34 heavy (non-hydrogen) atoms. The molecular weight excluding hydrogens is 459 g/mol. The van der Waals surface area contributed by atoms with Crippen molar-refractivity contribution in [1.29, 1.82) is 0 Å². The number of carbonyl (C=O) groups excluding carboxylic acids is 1. The van der Waals surface area contributed by atoms with E-state index in [9.17, 15) is 18.0 Å². The highest BCUT2D eigenvalue weighted by Crippen LogP contribution is 2.32. The molecule has 4 nitrogen and oxygen atoms in total. The van der Waals surface area contributed by atoms with Gasteiger partial charge in [-0.1, -0.05) is 36.4 Å². The number of nitrogens with one attached hydrogen (secondary N) is 1. The molecule has 0 saturated carbocycles. The summed E-state index contributed by atoms with van der Waals surface area (Å²) >= 11 is 1.63. The SMILES string of the molecule is O=C(Nc1ccc2c(c1)CN(Cc1nccs1)C2)c1ccccc1-c1ccc(C(F)(F)F)cc1. The van der Waals surface area contributed by atoms with Gasteiger partial charge < -0.3 is 5.32 Å². The quantitative estimate of drug-likeness (QED) is 0.351. The van der Waals surface area contributed by atoms with Crippen molar-refractivity contribution >= 4 is 22.9 Å². The monoisotopic (exact) mass is 479 g/mol. The van der Waals surface area contributed by atoms with E-state index in [1.165, 1.54) is 17.7 Å². The second-order valence-electron chi connectivity index (χ2n) is 8.13. The lowest BCUT2D eigenvalue weighted by Gasteiger charge is -2.13. The predicted molar refractivity (Wildman–Crippen MR) is 126 cm³/mol. The fraction of sp³-hybridized carbons (Fsp3) is 0.154. The van der Waals surface area contributed by atoms with Crippen LogP contribution in [0.5, 0.6) is 0 Å². The van der Waals surface area contributed by atoms with E-state index in [2.05, 4.69) is 15.2 Å². The van der Waals surface area contributed by atoms with E-state index in [0.29, 0.717) is 22.4 Å². The Morgan fingerprint density at radius 1 is 1.00 bits per heavy atom. The van der Waals surface area contributed by atoms with Crippen molar-refractivity contribution in [2.24, 2.45) is 0 Å². The maximum absolute atomic E-state index is 13.1. The molecule has 172 valence electrons. The fourth-order valence-electron chi connectivity index (χ4n) is 4.15. The number of aromatic nitrogens is 1. The molecule has 2 heterocycles. The van der Waals surface area contributed by atoms with Gasteiger partial charge in [0.05, 0.1) is 12.1 Å². The number of hydrogen-bond acceptors (Lipinski definition) is 4. The Hall–Kier alpha value is -3.49. The summed E-state index contributed by atoms with van der Waals surface area (Å²) in [6, 6.07) is 17.6. The second-order valence-corrected chi connectivity index (χ2v) is 9.11. The lowest BCUT2D eigenvalue weighted by Crippen LogP contribution is -2.15. The fourth-order valence-corrected chi connectivity index (χ4v) is 4.80. The average Bonchev–Trinajstić information content (AvgIpc) is 3.48. The summed E-state index contributed by atoms with van der Waals surface area (Å²) in [6.07, 6.45) is -2.60. The van der Waals surface area contributed by atoms with Gasteiger partial charge >= 0.3 is 6.18 Å². The largest absolute Gasteiger partial charge is 0.416 e. The normalized spacial score (nSPS) is 13.6. The van der Waals surface area contributed by atoms with Crippen LogP contribution in [0.4, 0.5) is 18.9 Å². The molecule has 1 aliphatic heterocycles. The van der Waals surface area contributed by atoms with E-state index < -0.39 is 11.7 Å². The lowest BCUT2D eigenvalue weighted by molar-refractivity contribution is -0.137. The molecule has 1 aliphatic rings. The number of benzene rings is 3. The van der Waals surface area contributed by atoms with Gasteiger partial charge in [0.25, 0.3) is 5.91 Å². The van der Waals surface area contributed by atoms with Crippen LogP contribution in [-0.4, -0.2) is 15.8 Å². The molecule has 1 amide bonds. The molecule has 1 aromatic heterocycles. The summed E-state index contributed by atoms with van der Waals surface area (Å²) < 4.78 is 38.7. The first-order chi connectivity index (χ1) is 16.4. The minimum atomic E-state index is -4.40. The van der Waals surface area contributed by atoms with Gasteiger partial charge in [-0.2, -0.15) is 13.2 Å². The van der Waals surface area contributed by atoms with Gasteiger partial charge in [0, 0.05) is 35.9 Å². The molecule has 0 unspecified atom stereocenters. The van der Waals surface area contributed by atoms with Crippen LogP contribution in [0.1, 0.15) is 32.1 Å². The third-order valence-corrected chi connectivity index (χ3v) is 6.55. The molecule has 5 rings (SSSR count). The average molecular weight is 480 g/mol. The van der Waals surface area contributed by atoms with Gasteiger partial charge in [-0.15, -0.1) is 11.3 Å². The Labute approximate surface area is 198 Å². The number of rotatable bonds is 5. The zero-order valence-corrected chi connectivity index (χ0v) is 18.8. The number of alkyl halides is 3. The summed E-state index contributed by atoms with van der Waals surface area (Å²) in [5.41, 5.74) is 3.86. The number of fused-ring (bicyclic) bond motifs is 1. The zero-order valence-electron chi connectivity index (χ0n) is 18.0. The van der Waals surface area contributed by atoms with Crippen molar-refractivity contribution in [3.63, 3.8) is 0 Å². The van der Waals surface area contributed by atoms with E-state index in [4.69, 9.17) is 0 Å². The third-order valence-electron chi connectivity index (χ3n) is 5.79. The van der Waals surface area contributed by atoms with Crippen LogP contribution in [0.2, 0.25) is 0 Å². The van der Waals surface area contributed by atoms with Crippen LogP contribution in [-0.2, 0) is 25.8 Å². The molecule has 0 bridgehead atoms. The smallest absolute Gasteiger partial charge is 0.322 e. The van der Waals surface area contributed by atoms with Crippen molar-refractivity contribution in [3.8, 4) is 11.1 Å². The van der Waals surface area contributed by atoms with Crippen LogP contribution in [0, 0.1) is 0 Å². The number of amides is 1. The standard InChI is InChI=1S/C26H20F3N3OS/c27-26(28,29)20-8-5-17(6-9-20)22-3-1-2-4-23(22)25(33)31-21-10-7-18-14-32(15-19(18)13-21)16-24-30-11-12-34-24/h1-13H,14-16H2,(H,31,33). The molecule has 0 radical (unpaired) electrons. The molecule has 4 aromatic rings. The molecule has 0 saturated heterocycles. The van der Waals surface area contributed by atoms with Gasteiger partial charge in [-0.3, -0.25) is 9.69 Å². The lowest BCUT2D eigenvalue weighted by atomic mass is 9.98. The van der Waals surface area contributed by atoms with Crippen LogP contribution >= 0.6 is 11.3 Å². The molecule has 8 heteroatoms.